The molecule has 3 rings (SSSR count). The van der Waals surface area contributed by atoms with Gasteiger partial charge >= 0.3 is 0 Å². The van der Waals surface area contributed by atoms with Crippen molar-refractivity contribution in [3.63, 3.8) is 0 Å². The third-order valence-electron chi connectivity index (χ3n) is 6.00. The number of hydrogen-bond acceptors (Lipinski definition) is 4. The van der Waals surface area contributed by atoms with Crippen LogP contribution in [0.5, 0.6) is 0 Å². The second-order valence-electron chi connectivity index (χ2n) is 9.39. The van der Waals surface area contributed by atoms with Crippen molar-refractivity contribution in [2.24, 2.45) is 16.6 Å². The standard InChI is InChI=1S/C28H36N4O2/c1-19(2)24-28(34)32(18-22-10-7-6-8-11-22)26(30-24)25(20(3)4)31(17-9-16-29)27(33)23-14-12-21(5)13-15-23/h6-8,10-15,20,25H,9,16-18,29H2,1-5H3. The summed E-state index contributed by atoms with van der Waals surface area (Å²) in [4.78, 5) is 35.6. The number of nitrogens with two attached hydrogens (primary N) is 1. The van der Waals surface area contributed by atoms with Crippen LogP contribution >= 0.6 is 0 Å². The molecule has 0 bridgehead atoms. The van der Waals surface area contributed by atoms with Crippen molar-refractivity contribution in [3.8, 4) is 0 Å². The Hall–Kier alpha value is -3.25. The lowest BCUT2D eigenvalue weighted by Gasteiger charge is -2.37. The number of carbonyl (C=O) groups excluding carboxylic acids is 2. The van der Waals surface area contributed by atoms with Gasteiger partial charge < -0.3 is 10.6 Å². The molecule has 6 heteroatoms. The highest BCUT2D eigenvalue weighted by Gasteiger charge is 2.40. The average Bonchev–Trinajstić information content (AvgIpc) is 3.13. The Kier molecular flexibility index (Phi) is 8.40. The van der Waals surface area contributed by atoms with Gasteiger partial charge in [-0.15, -0.1) is 0 Å². The van der Waals surface area contributed by atoms with Crippen LogP contribution in [0.4, 0.5) is 0 Å². The first-order valence-electron chi connectivity index (χ1n) is 11.9. The number of amidine groups is 1. The zero-order valence-corrected chi connectivity index (χ0v) is 20.9. The molecule has 0 spiro atoms. The van der Waals surface area contributed by atoms with E-state index in [1.54, 1.807) is 4.90 Å². The number of amides is 2. The van der Waals surface area contributed by atoms with E-state index in [4.69, 9.17) is 10.7 Å². The van der Waals surface area contributed by atoms with Crippen LogP contribution in [0.3, 0.4) is 0 Å². The first kappa shape index (κ1) is 25.4. The number of hydrogen-bond donors (Lipinski definition) is 1. The van der Waals surface area contributed by atoms with Crippen molar-refractivity contribution >= 4 is 17.6 Å². The van der Waals surface area contributed by atoms with Gasteiger partial charge in [0.25, 0.3) is 11.8 Å². The SMILES string of the molecule is CC(C)=C1N=C(C(C(C)C)N(CCCN)C(=O)c2ccc(C)cc2)N(Cc2ccccc2)C1=O. The quantitative estimate of drug-likeness (QED) is 0.558. The van der Waals surface area contributed by atoms with E-state index in [2.05, 4.69) is 13.8 Å². The lowest BCUT2D eigenvalue weighted by Crippen LogP contribution is -2.53. The molecule has 0 saturated carbocycles. The van der Waals surface area contributed by atoms with Gasteiger partial charge in [-0.05, 0) is 62.9 Å². The predicted octanol–water partition coefficient (Wildman–Crippen LogP) is 4.55. The first-order chi connectivity index (χ1) is 16.2. The Morgan fingerprint density at radius 2 is 1.71 bits per heavy atom. The van der Waals surface area contributed by atoms with Crippen LogP contribution in [0.1, 0.15) is 55.6 Å². The van der Waals surface area contributed by atoms with Crippen LogP contribution in [-0.2, 0) is 11.3 Å². The number of aliphatic imine (C=N–C) groups is 1. The predicted molar refractivity (Wildman–Crippen MR) is 137 cm³/mol. The topological polar surface area (TPSA) is 79.0 Å². The zero-order chi connectivity index (χ0) is 24.8. The van der Waals surface area contributed by atoms with Crippen LogP contribution in [0.25, 0.3) is 0 Å². The molecule has 0 aromatic heterocycles. The van der Waals surface area contributed by atoms with Gasteiger partial charge in [0.15, 0.2) is 0 Å². The largest absolute Gasteiger partial charge is 0.330 e. The van der Waals surface area contributed by atoms with Crippen LogP contribution in [0.2, 0.25) is 0 Å². The van der Waals surface area contributed by atoms with Gasteiger partial charge in [-0.25, -0.2) is 4.99 Å². The summed E-state index contributed by atoms with van der Waals surface area (Å²) in [5, 5.41) is 0. The van der Waals surface area contributed by atoms with Crippen LogP contribution in [0.15, 0.2) is 70.9 Å². The molecular formula is C28H36N4O2. The third-order valence-corrected chi connectivity index (χ3v) is 6.00. The molecule has 0 aliphatic carbocycles. The van der Waals surface area contributed by atoms with E-state index in [0.717, 1.165) is 16.7 Å². The Morgan fingerprint density at radius 1 is 1.06 bits per heavy atom. The number of carbonyl (C=O) groups is 2. The molecule has 2 aromatic rings. The number of rotatable bonds is 9. The summed E-state index contributed by atoms with van der Waals surface area (Å²) < 4.78 is 0. The van der Waals surface area contributed by atoms with Crippen LogP contribution < -0.4 is 5.73 Å². The van der Waals surface area contributed by atoms with E-state index >= 15 is 0 Å². The highest BCUT2D eigenvalue weighted by Crippen LogP contribution is 2.28. The highest BCUT2D eigenvalue weighted by atomic mass is 16.2. The molecule has 0 fully saturated rings. The lowest BCUT2D eigenvalue weighted by molar-refractivity contribution is -0.123. The van der Waals surface area contributed by atoms with E-state index in [0.29, 0.717) is 43.2 Å². The van der Waals surface area contributed by atoms with Gasteiger partial charge in [-0.1, -0.05) is 61.9 Å². The number of allylic oxidation sites excluding steroid dienone is 1. The molecule has 34 heavy (non-hydrogen) atoms. The minimum absolute atomic E-state index is 0.0357. The molecule has 180 valence electrons. The Labute approximate surface area is 203 Å². The van der Waals surface area contributed by atoms with Gasteiger partial charge in [0.05, 0.1) is 12.6 Å². The van der Waals surface area contributed by atoms with Crippen molar-refractivity contribution in [2.45, 2.75) is 53.6 Å². The number of aryl methyl sites for hydroxylation is 1. The fraction of sp³-hybridized carbons (Fsp3) is 0.393. The summed E-state index contributed by atoms with van der Waals surface area (Å²) in [5.41, 5.74) is 9.88. The summed E-state index contributed by atoms with van der Waals surface area (Å²) >= 11 is 0. The summed E-state index contributed by atoms with van der Waals surface area (Å²) in [7, 11) is 0. The van der Waals surface area contributed by atoms with E-state index in [9.17, 15) is 9.59 Å². The molecule has 2 aromatic carbocycles. The van der Waals surface area contributed by atoms with E-state index in [-0.39, 0.29) is 23.8 Å². The number of benzene rings is 2. The van der Waals surface area contributed by atoms with Gasteiger partial charge in [0.2, 0.25) is 0 Å². The summed E-state index contributed by atoms with van der Waals surface area (Å²) in [6, 6.07) is 17.1. The van der Waals surface area contributed by atoms with Gasteiger partial charge in [0, 0.05) is 12.1 Å². The van der Waals surface area contributed by atoms with E-state index in [1.165, 1.54) is 0 Å². The number of nitrogens with zero attached hydrogens (tertiary/aromatic N) is 3. The average molecular weight is 461 g/mol. The van der Waals surface area contributed by atoms with Gasteiger partial charge in [0.1, 0.15) is 11.5 Å². The molecule has 1 atom stereocenters. The molecular weight excluding hydrogens is 424 g/mol. The minimum Gasteiger partial charge on any atom is -0.330 e. The molecule has 2 N–H and O–H groups in total. The maximum atomic E-state index is 13.7. The van der Waals surface area contributed by atoms with Crippen LogP contribution in [-0.4, -0.2) is 46.6 Å². The maximum absolute atomic E-state index is 13.7. The summed E-state index contributed by atoms with van der Waals surface area (Å²) in [6.07, 6.45) is 0.663. The Bertz CT molecular complexity index is 1070. The van der Waals surface area contributed by atoms with Gasteiger partial charge in [-0.3, -0.25) is 14.5 Å². The van der Waals surface area contributed by atoms with E-state index in [1.807, 2.05) is 80.3 Å². The molecule has 6 nitrogen and oxygen atoms in total. The fourth-order valence-corrected chi connectivity index (χ4v) is 4.21. The Balaban J connectivity index is 2.07. The van der Waals surface area contributed by atoms with Crippen molar-refractivity contribution in [3.05, 3.63) is 82.6 Å². The molecule has 0 saturated heterocycles. The molecule has 1 aliphatic heterocycles. The highest BCUT2D eigenvalue weighted by molar-refractivity contribution is 6.15. The van der Waals surface area contributed by atoms with Crippen molar-refractivity contribution < 1.29 is 9.59 Å². The van der Waals surface area contributed by atoms with Crippen molar-refractivity contribution in [2.75, 3.05) is 13.1 Å². The molecule has 1 heterocycles. The second kappa shape index (κ2) is 11.3. The van der Waals surface area contributed by atoms with Crippen molar-refractivity contribution in [1.82, 2.24) is 9.80 Å². The molecule has 0 radical (unpaired) electrons. The Morgan fingerprint density at radius 3 is 2.26 bits per heavy atom. The third kappa shape index (κ3) is 5.62. The van der Waals surface area contributed by atoms with Crippen LogP contribution in [0, 0.1) is 12.8 Å². The molecule has 2 amide bonds. The summed E-state index contributed by atoms with van der Waals surface area (Å²) in [6.45, 7) is 11.3. The summed E-state index contributed by atoms with van der Waals surface area (Å²) in [5.74, 6) is 0.463. The maximum Gasteiger partial charge on any atom is 0.278 e. The first-order valence-corrected chi connectivity index (χ1v) is 11.9. The molecule has 1 aliphatic rings. The fourth-order valence-electron chi connectivity index (χ4n) is 4.21. The zero-order valence-electron chi connectivity index (χ0n) is 20.9. The lowest BCUT2D eigenvalue weighted by atomic mass is 9.98. The monoisotopic (exact) mass is 460 g/mol. The second-order valence-corrected chi connectivity index (χ2v) is 9.39. The normalized spacial score (nSPS) is 14.4. The van der Waals surface area contributed by atoms with Crippen molar-refractivity contribution in [1.29, 1.82) is 0 Å². The minimum atomic E-state index is -0.370. The molecule has 1 unspecified atom stereocenters. The van der Waals surface area contributed by atoms with E-state index < -0.39 is 0 Å². The smallest absolute Gasteiger partial charge is 0.278 e. The van der Waals surface area contributed by atoms with Gasteiger partial charge in [-0.2, -0.15) is 0 Å².